The lowest BCUT2D eigenvalue weighted by molar-refractivity contribution is -0.156. The van der Waals surface area contributed by atoms with Gasteiger partial charge in [-0.2, -0.15) is 0 Å². The fourth-order valence-electron chi connectivity index (χ4n) is 6.23. The molecule has 1 aromatic rings. The summed E-state index contributed by atoms with van der Waals surface area (Å²) in [6, 6.07) is 0.190. The van der Waals surface area contributed by atoms with Crippen LogP contribution in [0.3, 0.4) is 0 Å². The van der Waals surface area contributed by atoms with Crippen molar-refractivity contribution in [3.63, 3.8) is 0 Å². The van der Waals surface area contributed by atoms with E-state index in [1.165, 1.54) is 19.3 Å². The van der Waals surface area contributed by atoms with Gasteiger partial charge in [-0.3, -0.25) is 4.79 Å². The summed E-state index contributed by atoms with van der Waals surface area (Å²) in [7, 11) is 0. The molecule has 4 aliphatic carbocycles. The van der Waals surface area contributed by atoms with E-state index in [0.717, 1.165) is 62.4 Å². The third kappa shape index (κ3) is 2.70. The minimum atomic E-state index is -0.475. The van der Waals surface area contributed by atoms with Gasteiger partial charge in [0, 0.05) is 13.0 Å². The molecule has 0 aromatic carbocycles. The van der Waals surface area contributed by atoms with Crippen LogP contribution in [0, 0.1) is 29.0 Å². The van der Waals surface area contributed by atoms with Crippen LogP contribution in [-0.2, 0) is 4.79 Å². The van der Waals surface area contributed by atoms with Crippen LogP contribution in [0.4, 0.5) is 4.39 Å². The summed E-state index contributed by atoms with van der Waals surface area (Å²) >= 11 is 0. The topological polar surface area (TPSA) is 55.3 Å². The van der Waals surface area contributed by atoms with E-state index >= 15 is 0 Å². The lowest BCUT2D eigenvalue weighted by Crippen LogP contribution is -2.54. The minimum absolute atomic E-state index is 0.0873. The van der Waals surface area contributed by atoms with Gasteiger partial charge in [0.15, 0.2) is 5.82 Å². The van der Waals surface area contributed by atoms with Gasteiger partial charge in [0.05, 0.1) is 24.4 Å². The molecule has 1 aromatic heterocycles. The van der Waals surface area contributed by atoms with Crippen molar-refractivity contribution >= 4 is 5.91 Å². The molecule has 1 amide bonds. The molecule has 5 nitrogen and oxygen atoms in total. The second kappa shape index (κ2) is 5.64. The molecule has 6 rings (SSSR count). The quantitative estimate of drug-likeness (QED) is 0.845. The van der Waals surface area contributed by atoms with E-state index in [1.54, 1.807) is 0 Å². The summed E-state index contributed by atoms with van der Waals surface area (Å²) in [6.07, 6.45) is 10.2. The molecular formula is C19H24FN3O2. The maximum atomic E-state index is 13.3. The number of rotatable bonds is 3. The molecule has 1 saturated heterocycles. The Hall–Kier alpha value is -1.72. The standard InChI is InChI=1S/C19H24FN3O2/c20-15-9-21-18(22-10-15)25-16-1-2-23(11-16)17(24)19-6-12-3-13(7-19)5-14(4-12)8-19/h9-10,12-14,16H,1-8,11H2/t12?,13?,14?,16-,19?/m0/s1. The molecule has 6 heteroatoms. The predicted molar refractivity (Wildman–Crippen MR) is 88.2 cm³/mol. The van der Waals surface area contributed by atoms with Gasteiger partial charge in [-0.1, -0.05) is 0 Å². The van der Waals surface area contributed by atoms with E-state index in [0.29, 0.717) is 12.5 Å². The number of carbonyl (C=O) groups is 1. The number of hydrogen-bond acceptors (Lipinski definition) is 4. The molecule has 2 heterocycles. The normalized spacial score (nSPS) is 39.0. The van der Waals surface area contributed by atoms with E-state index in [1.807, 2.05) is 4.90 Å². The fraction of sp³-hybridized carbons (Fsp3) is 0.737. The van der Waals surface area contributed by atoms with Gasteiger partial charge in [0.25, 0.3) is 0 Å². The van der Waals surface area contributed by atoms with Crippen molar-refractivity contribution in [2.75, 3.05) is 13.1 Å². The number of ether oxygens (including phenoxy) is 1. The summed E-state index contributed by atoms with van der Waals surface area (Å²) in [5.74, 6) is 2.21. The summed E-state index contributed by atoms with van der Waals surface area (Å²) in [5, 5.41) is 0. The van der Waals surface area contributed by atoms with Crippen LogP contribution < -0.4 is 4.74 Å². The Morgan fingerprint density at radius 3 is 2.32 bits per heavy atom. The Kier molecular flexibility index (Phi) is 3.51. The average molecular weight is 345 g/mol. The van der Waals surface area contributed by atoms with Crippen LogP contribution in [0.2, 0.25) is 0 Å². The smallest absolute Gasteiger partial charge is 0.316 e. The van der Waals surface area contributed by atoms with Crippen molar-refractivity contribution in [3.8, 4) is 6.01 Å². The lowest BCUT2D eigenvalue weighted by atomic mass is 9.49. The fourth-order valence-corrected chi connectivity index (χ4v) is 6.23. The van der Waals surface area contributed by atoms with Crippen molar-refractivity contribution in [1.82, 2.24) is 14.9 Å². The molecule has 5 fully saturated rings. The monoisotopic (exact) mass is 345 g/mol. The average Bonchev–Trinajstić information content (AvgIpc) is 3.03. The van der Waals surface area contributed by atoms with Crippen LogP contribution in [-0.4, -0.2) is 40.0 Å². The zero-order valence-corrected chi connectivity index (χ0v) is 14.4. The van der Waals surface area contributed by atoms with Crippen LogP contribution in [0.1, 0.15) is 44.9 Å². The Bertz CT molecular complexity index is 642. The number of halogens is 1. The summed E-state index contributed by atoms with van der Waals surface area (Å²) in [5.41, 5.74) is -0.0873. The van der Waals surface area contributed by atoms with Gasteiger partial charge in [0.2, 0.25) is 5.91 Å². The van der Waals surface area contributed by atoms with Gasteiger partial charge < -0.3 is 9.64 Å². The molecule has 1 atom stereocenters. The van der Waals surface area contributed by atoms with Crippen LogP contribution in [0.5, 0.6) is 6.01 Å². The van der Waals surface area contributed by atoms with Crippen LogP contribution in [0.15, 0.2) is 12.4 Å². The highest BCUT2D eigenvalue weighted by atomic mass is 19.1. The van der Waals surface area contributed by atoms with Gasteiger partial charge in [-0.25, -0.2) is 14.4 Å². The molecule has 5 aliphatic rings. The molecular weight excluding hydrogens is 321 g/mol. The Morgan fingerprint density at radius 2 is 1.72 bits per heavy atom. The molecule has 1 aliphatic heterocycles. The lowest BCUT2D eigenvalue weighted by Gasteiger charge is -2.56. The number of nitrogens with zero attached hydrogens (tertiary/aromatic N) is 3. The van der Waals surface area contributed by atoms with Crippen molar-refractivity contribution in [1.29, 1.82) is 0 Å². The number of amides is 1. The summed E-state index contributed by atoms with van der Waals surface area (Å²) < 4.78 is 18.6. The Labute approximate surface area is 147 Å². The second-order valence-corrected chi connectivity index (χ2v) is 8.66. The van der Waals surface area contributed by atoms with Gasteiger partial charge in [-0.05, 0) is 56.3 Å². The molecule has 134 valence electrons. The Balaban J connectivity index is 1.25. The molecule has 4 bridgehead atoms. The molecule has 0 spiro atoms. The van der Waals surface area contributed by atoms with Gasteiger partial charge in [-0.15, -0.1) is 0 Å². The summed E-state index contributed by atoms with van der Waals surface area (Å²) in [4.78, 5) is 23.0. The maximum absolute atomic E-state index is 13.3. The third-order valence-electron chi connectivity index (χ3n) is 6.79. The van der Waals surface area contributed by atoms with E-state index < -0.39 is 5.82 Å². The van der Waals surface area contributed by atoms with Crippen LogP contribution in [0.25, 0.3) is 0 Å². The van der Waals surface area contributed by atoms with E-state index in [9.17, 15) is 9.18 Å². The first-order chi connectivity index (χ1) is 12.1. The van der Waals surface area contributed by atoms with Crippen molar-refractivity contribution < 1.29 is 13.9 Å². The number of aromatic nitrogens is 2. The van der Waals surface area contributed by atoms with Gasteiger partial charge in [0.1, 0.15) is 6.10 Å². The molecule has 25 heavy (non-hydrogen) atoms. The molecule has 0 radical (unpaired) electrons. The highest BCUT2D eigenvalue weighted by Crippen LogP contribution is 2.60. The first-order valence-corrected chi connectivity index (χ1v) is 9.53. The molecule has 0 N–H and O–H groups in total. The summed E-state index contributed by atoms with van der Waals surface area (Å²) in [6.45, 7) is 1.34. The minimum Gasteiger partial charge on any atom is -0.458 e. The zero-order chi connectivity index (χ0) is 17.0. The highest BCUT2D eigenvalue weighted by Gasteiger charge is 2.56. The van der Waals surface area contributed by atoms with E-state index in [-0.39, 0.29) is 17.5 Å². The maximum Gasteiger partial charge on any atom is 0.316 e. The zero-order valence-electron chi connectivity index (χ0n) is 14.4. The number of carbonyl (C=O) groups excluding carboxylic acids is 1. The molecule has 0 unspecified atom stereocenters. The first kappa shape index (κ1) is 15.5. The van der Waals surface area contributed by atoms with Crippen LogP contribution >= 0.6 is 0 Å². The first-order valence-electron chi connectivity index (χ1n) is 9.53. The van der Waals surface area contributed by atoms with Crippen molar-refractivity contribution in [2.24, 2.45) is 23.2 Å². The number of hydrogen-bond donors (Lipinski definition) is 0. The highest BCUT2D eigenvalue weighted by molar-refractivity contribution is 5.83. The second-order valence-electron chi connectivity index (χ2n) is 8.66. The third-order valence-corrected chi connectivity index (χ3v) is 6.79. The van der Waals surface area contributed by atoms with E-state index in [2.05, 4.69) is 9.97 Å². The van der Waals surface area contributed by atoms with Crippen molar-refractivity contribution in [3.05, 3.63) is 18.2 Å². The van der Waals surface area contributed by atoms with E-state index in [4.69, 9.17) is 4.74 Å². The Morgan fingerprint density at radius 1 is 1.12 bits per heavy atom. The van der Waals surface area contributed by atoms with Gasteiger partial charge >= 0.3 is 6.01 Å². The predicted octanol–water partition coefficient (Wildman–Crippen LogP) is 2.81. The number of likely N-dealkylation sites (tertiary alicyclic amines) is 1. The SMILES string of the molecule is O=C(N1CC[C@H](Oc2ncc(F)cn2)C1)C12CC3CC(CC(C3)C1)C2. The van der Waals surface area contributed by atoms with Crippen molar-refractivity contribution in [2.45, 2.75) is 51.0 Å². The largest absolute Gasteiger partial charge is 0.458 e. The molecule has 4 saturated carbocycles.